The molecular weight excluding hydrogens is 334 g/mol. The van der Waals surface area contributed by atoms with Crippen LogP contribution in [-0.4, -0.2) is 17.6 Å². The van der Waals surface area contributed by atoms with Crippen molar-refractivity contribution in [2.75, 3.05) is 11.9 Å². The lowest BCUT2D eigenvalue weighted by molar-refractivity contribution is 0.0973. The van der Waals surface area contributed by atoms with Crippen LogP contribution in [-0.2, 0) is 0 Å². The summed E-state index contributed by atoms with van der Waals surface area (Å²) in [6.07, 6.45) is 0. The molecule has 0 aromatic heterocycles. The molecule has 0 unspecified atom stereocenters. The molecule has 0 bridgehead atoms. The van der Waals surface area contributed by atoms with Crippen molar-refractivity contribution in [2.24, 2.45) is 5.92 Å². The standard InChI is InChI=1S/C19H19N3O2S/c1-13(2)12-24-17-10-6-4-8-15(17)18(23)22-19(25)21-16-9-5-3-7-14(16)11-20/h3-10,13H,12H2,1-2H3,(H2,21,22,23,25). The molecule has 5 nitrogen and oxygen atoms in total. The molecule has 0 aliphatic heterocycles. The zero-order chi connectivity index (χ0) is 18.2. The number of anilines is 1. The second kappa shape index (κ2) is 8.81. The summed E-state index contributed by atoms with van der Waals surface area (Å²) in [4.78, 5) is 12.5. The normalized spacial score (nSPS) is 10.0. The lowest BCUT2D eigenvalue weighted by atomic mass is 10.2. The molecule has 0 aliphatic carbocycles. The minimum atomic E-state index is -0.369. The summed E-state index contributed by atoms with van der Waals surface area (Å²) in [5.74, 6) is 0.488. The quantitative estimate of drug-likeness (QED) is 0.802. The first-order valence-electron chi connectivity index (χ1n) is 7.84. The number of carbonyl (C=O) groups is 1. The van der Waals surface area contributed by atoms with Crippen molar-refractivity contribution in [3.8, 4) is 11.8 Å². The summed E-state index contributed by atoms with van der Waals surface area (Å²) in [6, 6.07) is 16.0. The minimum Gasteiger partial charge on any atom is -0.492 e. The number of thiocarbonyl (C=S) groups is 1. The van der Waals surface area contributed by atoms with Crippen LogP contribution in [0.3, 0.4) is 0 Å². The van der Waals surface area contributed by atoms with Gasteiger partial charge in [-0.15, -0.1) is 0 Å². The van der Waals surface area contributed by atoms with Crippen LogP contribution in [0.15, 0.2) is 48.5 Å². The van der Waals surface area contributed by atoms with Crippen molar-refractivity contribution < 1.29 is 9.53 Å². The first kappa shape index (κ1) is 18.4. The lowest BCUT2D eigenvalue weighted by Gasteiger charge is -2.14. The number of rotatable bonds is 5. The monoisotopic (exact) mass is 353 g/mol. The van der Waals surface area contributed by atoms with Crippen molar-refractivity contribution >= 4 is 28.9 Å². The second-order valence-corrected chi connectivity index (χ2v) is 6.17. The molecule has 0 saturated heterocycles. The van der Waals surface area contributed by atoms with Gasteiger partial charge in [-0.3, -0.25) is 10.1 Å². The number of nitriles is 1. The van der Waals surface area contributed by atoms with E-state index in [1.165, 1.54) is 0 Å². The molecule has 0 aliphatic rings. The fraction of sp³-hybridized carbons (Fsp3) is 0.211. The highest BCUT2D eigenvalue weighted by Gasteiger charge is 2.14. The highest BCUT2D eigenvalue weighted by atomic mass is 32.1. The highest BCUT2D eigenvalue weighted by molar-refractivity contribution is 7.80. The zero-order valence-corrected chi connectivity index (χ0v) is 14.9. The molecule has 2 aromatic rings. The average molecular weight is 353 g/mol. The van der Waals surface area contributed by atoms with Gasteiger partial charge in [0.25, 0.3) is 5.91 Å². The average Bonchev–Trinajstić information content (AvgIpc) is 2.60. The van der Waals surface area contributed by atoms with E-state index in [-0.39, 0.29) is 11.0 Å². The van der Waals surface area contributed by atoms with E-state index < -0.39 is 0 Å². The Morgan fingerprint density at radius 2 is 1.88 bits per heavy atom. The van der Waals surface area contributed by atoms with Gasteiger partial charge in [-0.2, -0.15) is 5.26 Å². The molecule has 0 radical (unpaired) electrons. The molecule has 0 spiro atoms. The highest BCUT2D eigenvalue weighted by Crippen LogP contribution is 2.19. The fourth-order valence-electron chi connectivity index (χ4n) is 2.05. The van der Waals surface area contributed by atoms with Crippen LogP contribution in [0.1, 0.15) is 29.8 Å². The van der Waals surface area contributed by atoms with Gasteiger partial charge in [0.05, 0.1) is 23.4 Å². The predicted octanol–water partition coefficient (Wildman–Crippen LogP) is 3.72. The zero-order valence-electron chi connectivity index (χ0n) is 14.1. The number of carbonyl (C=O) groups excluding carboxylic acids is 1. The Morgan fingerprint density at radius 3 is 2.60 bits per heavy atom. The summed E-state index contributed by atoms with van der Waals surface area (Å²) in [6.45, 7) is 4.59. The Bertz CT molecular complexity index is 812. The summed E-state index contributed by atoms with van der Waals surface area (Å²) in [5.41, 5.74) is 1.39. The molecular formula is C19H19N3O2S. The van der Waals surface area contributed by atoms with Gasteiger partial charge in [0.1, 0.15) is 11.8 Å². The van der Waals surface area contributed by atoms with Crippen LogP contribution >= 0.6 is 12.2 Å². The SMILES string of the molecule is CC(C)COc1ccccc1C(=O)NC(=S)Nc1ccccc1C#N. The first-order valence-corrected chi connectivity index (χ1v) is 8.25. The predicted molar refractivity (Wildman–Crippen MR) is 102 cm³/mol. The molecule has 0 heterocycles. The third kappa shape index (κ3) is 5.30. The number of nitrogens with zero attached hydrogens (tertiary/aromatic N) is 1. The van der Waals surface area contributed by atoms with E-state index in [2.05, 4.69) is 16.7 Å². The van der Waals surface area contributed by atoms with Gasteiger partial charge in [0.2, 0.25) is 0 Å². The third-order valence-electron chi connectivity index (χ3n) is 3.23. The van der Waals surface area contributed by atoms with E-state index in [1.807, 2.05) is 19.9 Å². The van der Waals surface area contributed by atoms with Crippen LogP contribution in [0.2, 0.25) is 0 Å². The Morgan fingerprint density at radius 1 is 1.20 bits per heavy atom. The number of benzene rings is 2. The van der Waals surface area contributed by atoms with Crippen LogP contribution in [0, 0.1) is 17.2 Å². The number of amides is 1. The Balaban J connectivity index is 2.07. The molecule has 6 heteroatoms. The van der Waals surface area contributed by atoms with Gasteiger partial charge in [0.15, 0.2) is 5.11 Å². The summed E-state index contributed by atoms with van der Waals surface area (Å²) in [5, 5.41) is 14.7. The van der Waals surface area contributed by atoms with Crippen molar-refractivity contribution in [3.63, 3.8) is 0 Å². The largest absolute Gasteiger partial charge is 0.492 e. The molecule has 2 N–H and O–H groups in total. The number of nitrogens with one attached hydrogen (secondary N) is 2. The summed E-state index contributed by atoms with van der Waals surface area (Å²) >= 11 is 5.18. The molecule has 2 aromatic carbocycles. The van der Waals surface area contributed by atoms with Gasteiger partial charge >= 0.3 is 0 Å². The summed E-state index contributed by atoms with van der Waals surface area (Å²) in [7, 11) is 0. The molecule has 25 heavy (non-hydrogen) atoms. The molecule has 1 amide bonds. The van der Waals surface area contributed by atoms with Crippen LogP contribution < -0.4 is 15.4 Å². The Hall–Kier alpha value is -2.91. The van der Waals surface area contributed by atoms with Crippen LogP contribution in [0.25, 0.3) is 0 Å². The van der Waals surface area contributed by atoms with Crippen molar-refractivity contribution in [1.82, 2.24) is 5.32 Å². The van der Waals surface area contributed by atoms with E-state index in [1.54, 1.807) is 42.5 Å². The van der Waals surface area contributed by atoms with Gasteiger partial charge in [-0.1, -0.05) is 38.1 Å². The molecule has 0 saturated carbocycles. The number of hydrogen-bond donors (Lipinski definition) is 2. The maximum absolute atomic E-state index is 12.5. The minimum absolute atomic E-state index is 0.117. The maximum atomic E-state index is 12.5. The van der Waals surface area contributed by atoms with Crippen LogP contribution in [0.5, 0.6) is 5.75 Å². The van der Waals surface area contributed by atoms with E-state index in [4.69, 9.17) is 22.2 Å². The first-order chi connectivity index (χ1) is 12.0. The van der Waals surface area contributed by atoms with Crippen LogP contribution in [0.4, 0.5) is 5.69 Å². The Labute approximate surface area is 152 Å². The van der Waals surface area contributed by atoms with E-state index in [0.29, 0.717) is 35.1 Å². The van der Waals surface area contributed by atoms with E-state index in [0.717, 1.165) is 0 Å². The van der Waals surface area contributed by atoms with Gasteiger partial charge in [-0.05, 0) is 42.4 Å². The van der Waals surface area contributed by atoms with E-state index in [9.17, 15) is 4.79 Å². The van der Waals surface area contributed by atoms with Crippen molar-refractivity contribution in [2.45, 2.75) is 13.8 Å². The van der Waals surface area contributed by atoms with Gasteiger partial charge < -0.3 is 10.1 Å². The van der Waals surface area contributed by atoms with Gasteiger partial charge in [-0.25, -0.2) is 0 Å². The summed E-state index contributed by atoms with van der Waals surface area (Å²) < 4.78 is 5.69. The third-order valence-corrected chi connectivity index (χ3v) is 3.43. The fourth-order valence-corrected chi connectivity index (χ4v) is 2.25. The Kier molecular flexibility index (Phi) is 6.49. The molecule has 0 fully saturated rings. The lowest BCUT2D eigenvalue weighted by Crippen LogP contribution is -2.34. The van der Waals surface area contributed by atoms with Crippen molar-refractivity contribution in [1.29, 1.82) is 5.26 Å². The molecule has 128 valence electrons. The second-order valence-electron chi connectivity index (χ2n) is 5.77. The van der Waals surface area contributed by atoms with Crippen molar-refractivity contribution in [3.05, 3.63) is 59.7 Å². The molecule has 2 rings (SSSR count). The number of para-hydroxylation sites is 2. The number of ether oxygens (including phenoxy) is 1. The number of hydrogen-bond acceptors (Lipinski definition) is 4. The van der Waals surface area contributed by atoms with Gasteiger partial charge in [0, 0.05) is 0 Å². The van der Waals surface area contributed by atoms with E-state index >= 15 is 0 Å². The topological polar surface area (TPSA) is 74.2 Å². The molecule has 0 atom stereocenters. The maximum Gasteiger partial charge on any atom is 0.261 e. The smallest absolute Gasteiger partial charge is 0.261 e.